The number of carbonyl (C=O) groups excluding carboxylic acids is 1. The number of carbonyl (C=O) groups is 2. The zero-order valence-corrected chi connectivity index (χ0v) is 18.6. The fourth-order valence-electron chi connectivity index (χ4n) is 3.35. The zero-order chi connectivity index (χ0) is 23.0. The van der Waals surface area contributed by atoms with Crippen molar-refractivity contribution in [2.45, 2.75) is 19.1 Å². The highest BCUT2D eigenvalue weighted by Gasteiger charge is 2.22. The monoisotopic (exact) mass is 457 g/mol. The van der Waals surface area contributed by atoms with Crippen LogP contribution in [0.3, 0.4) is 0 Å². The summed E-state index contributed by atoms with van der Waals surface area (Å²) < 4.78 is 5.83. The molecule has 1 heterocycles. The van der Waals surface area contributed by atoms with Gasteiger partial charge < -0.3 is 15.2 Å². The summed E-state index contributed by atoms with van der Waals surface area (Å²) in [6.07, 6.45) is 0.227. The number of hydrogen-bond acceptors (Lipinski definition) is 4. The smallest absolute Gasteiger partial charge is 0.326 e. The molecule has 4 rings (SSSR count). The molecule has 0 aliphatic rings. The van der Waals surface area contributed by atoms with Crippen molar-refractivity contribution in [3.8, 4) is 16.2 Å². The summed E-state index contributed by atoms with van der Waals surface area (Å²) in [5.74, 6) is -0.685. The van der Waals surface area contributed by atoms with Gasteiger partial charge in [0.15, 0.2) is 0 Å². The topological polar surface area (TPSA) is 75.6 Å². The van der Waals surface area contributed by atoms with Crippen LogP contribution in [-0.2, 0) is 17.8 Å². The van der Waals surface area contributed by atoms with Crippen LogP contribution in [0.2, 0.25) is 0 Å². The first-order chi connectivity index (χ1) is 16.1. The maximum Gasteiger partial charge on any atom is 0.326 e. The van der Waals surface area contributed by atoms with Crippen molar-refractivity contribution in [1.29, 1.82) is 0 Å². The van der Waals surface area contributed by atoms with Crippen molar-refractivity contribution in [1.82, 2.24) is 5.32 Å². The van der Waals surface area contributed by atoms with Crippen molar-refractivity contribution >= 4 is 23.2 Å². The van der Waals surface area contributed by atoms with E-state index in [1.54, 1.807) is 6.07 Å². The summed E-state index contributed by atoms with van der Waals surface area (Å²) >= 11 is 1.32. The molecule has 1 aromatic heterocycles. The Morgan fingerprint density at radius 3 is 2.09 bits per heavy atom. The lowest BCUT2D eigenvalue weighted by Gasteiger charge is -2.14. The second-order valence-electron chi connectivity index (χ2n) is 7.52. The van der Waals surface area contributed by atoms with Gasteiger partial charge in [0.1, 0.15) is 18.4 Å². The maximum atomic E-state index is 12.7. The third-order valence-electron chi connectivity index (χ3n) is 5.10. The normalized spacial score (nSPS) is 11.5. The first-order valence-corrected chi connectivity index (χ1v) is 11.3. The summed E-state index contributed by atoms with van der Waals surface area (Å²) in [5, 5.41) is 12.2. The van der Waals surface area contributed by atoms with Crippen LogP contribution >= 0.6 is 11.3 Å². The van der Waals surface area contributed by atoms with Gasteiger partial charge in [-0.2, -0.15) is 0 Å². The summed E-state index contributed by atoms with van der Waals surface area (Å²) in [6.45, 7) is 0.497. The first kappa shape index (κ1) is 22.3. The predicted molar refractivity (Wildman–Crippen MR) is 130 cm³/mol. The Morgan fingerprint density at radius 1 is 0.818 bits per heavy atom. The molecular formula is C27H23NO4S. The minimum Gasteiger partial charge on any atom is -0.489 e. The molecule has 33 heavy (non-hydrogen) atoms. The van der Waals surface area contributed by atoms with Crippen LogP contribution in [0.15, 0.2) is 97.1 Å². The van der Waals surface area contributed by atoms with Crippen LogP contribution in [0.4, 0.5) is 0 Å². The van der Waals surface area contributed by atoms with Crippen LogP contribution in [0.25, 0.3) is 10.4 Å². The second-order valence-corrected chi connectivity index (χ2v) is 8.60. The number of thiophene rings is 1. The van der Waals surface area contributed by atoms with Gasteiger partial charge in [-0.1, -0.05) is 60.7 Å². The molecule has 0 fully saturated rings. The molecule has 4 aromatic rings. The van der Waals surface area contributed by atoms with Gasteiger partial charge in [-0.05, 0) is 53.1 Å². The Morgan fingerprint density at radius 2 is 1.45 bits per heavy atom. The van der Waals surface area contributed by atoms with Crippen molar-refractivity contribution < 1.29 is 19.4 Å². The number of hydrogen-bond donors (Lipinski definition) is 2. The number of rotatable bonds is 9. The zero-order valence-electron chi connectivity index (χ0n) is 17.8. The van der Waals surface area contributed by atoms with E-state index in [4.69, 9.17) is 4.74 Å². The maximum absolute atomic E-state index is 12.7. The SMILES string of the molecule is O=C(NC(Cc1ccccc1)C(=O)O)c1ccc(-c2ccc(OCc3ccccc3)cc2)s1. The van der Waals surface area contributed by atoms with Crippen LogP contribution in [-0.4, -0.2) is 23.0 Å². The lowest BCUT2D eigenvalue weighted by molar-refractivity contribution is -0.139. The summed E-state index contributed by atoms with van der Waals surface area (Å²) in [7, 11) is 0. The lowest BCUT2D eigenvalue weighted by Crippen LogP contribution is -2.42. The molecular weight excluding hydrogens is 434 g/mol. The molecule has 0 saturated carbocycles. The molecule has 3 aromatic carbocycles. The molecule has 166 valence electrons. The van der Waals surface area contributed by atoms with E-state index in [2.05, 4.69) is 5.32 Å². The highest BCUT2D eigenvalue weighted by atomic mass is 32.1. The molecule has 1 amide bonds. The number of amides is 1. The molecule has 1 atom stereocenters. The van der Waals surface area contributed by atoms with E-state index in [-0.39, 0.29) is 6.42 Å². The molecule has 0 aliphatic carbocycles. The van der Waals surface area contributed by atoms with Gasteiger partial charge in [0, 0.05) is 11.3 Å². The van der Waals surface area contributed by atoms with E-state index in [0.29, 0.717) is 11.5 Å². The van der Waals surface area contributed by atoms with Crippen molar-refractivity contribution in [2.24, 2.45) is 0 Å². The Kier molecular flexibility index (Phi) is 7.17. The summed E-state index contributed by atoms with van der Waals surface area (Å²) in [4.78, 5) is 25.7. The fraction of sp³-hybridized carbons (Fsp3) is 0.111. The third kappa shape index (κ3) is 6.08. The Balaban J connectivity index is 1.38. The second kappa shape index (κ2) is 10.6. The molecule has 5 nitrogen and oxygen atoms in total. The number of nitrogens with one attached hydrogen (secondary N) is 1. The van der Waals surface area contributed by atoms with Crippen LogP contribution in [0.1, 0.15) is 20.8 Å². The quantitative estimate of drug-likeness (QED) is 0.352. The summed E-state index contributed by atoms with van der Waals surface area (Å²) in [5.41, 5.74) is 2.92. The third-order valence-corrected chi connectivity index (χ3v) is 6.24. The Labute approximate surface area is 196 Å². The molecule has 0 radical (unpaired) electrons. The highest BCUT2D eigenvalue weighted by molar-refractivity contribution is 7.17. The van der Waals surface area contributed by atoms with Crippen LogP contribution < -0.4 is 10.1 Å². The molecule has 0 saturated heterocycles. The van der Waals surface area contributed by atoms with Gasteiger partial charge in [-0.15, -0.1) is 11.3 Å². The predicted octanol–water partition coefficient (Wildman–Crippen LogP) is 5.42. The van der Waals surface area contributed by atoms with Gasteiger partial charge in [0.05, 0.1) is 4.88 Å². The van der Waals surface area contributed by atoms with Crippen LogP contribution in [0, 0.1) is 0 Å². The summed E-state index contributed by atoms with van der Waals surface area (Å²) in [6, 6.07) is 29.5. The van der Waals surface area contributed by atoms with Crippen molar-refractivity contribution in [2.75, 3.05) is 0 Å². The van der Waals surface area contributed by atoms with Crippen molar-refractivity contribution in [3.05, 3.63) is 113 Å². The average molecular weight is 458 g/mol. The van der Waals surface area contributed by atoms with E-state index in [9.17, 15) is 14.7 Å². The van der Waals surface area contributed by atoms with E-state index in [0.717, 1.165) is 27.3 Å². The minimum atomic E-state index is -1.06. The lowest BCUT2D eigenvalue weighted by atomic mass is 10.1. The molecule has 0 aliphatic heterocycles. The van der Waals surface area contributed by atoms with E-state index in [1.165, 1.54) is 11.3 Å². The Hall–Kier alpha value is -3.90. The number of ether oxygens (including phenoxy) is 1. The van der Waals surface area contributed by atoms with Gasteiger partial charge in [0.2, 0.25) is 0 Å². The van der Waals surface area contributed by atoms with Gasteiger partial charge in [-0.3, -0.25) is 4.79 Å². The van der Waals surface area contributed by atoms with E-state index >= 15 is 0 Å². The van der Waals surface area contributed by atoms with Gasteiger partial charge in [0.25, 0.3) is 5.91 Å². The molecule has 0 spiro atoms. The van der Waals surface area contributed by atoms with Crippen LogP contribution in [0.5, 0.6) is 5.75 Å². The number of carboxylic acids is 1. The Bertz CT molecular complexity index is 1200. The average Bonchev–Trinajstić information content (AvgIpc) is 3.34. The van der Waals surface area contributed by atoms with E-state index in [1.807, 2.05) is 91.0 Å². The fourth-order valence-corrected chi connectivity index (χ4v) is 4.27. The van der Waals surface area contributed by atoms with Gasteiger partial charge >= 0.3 is 5.97 Å². The number of aliphatic carboxylic acids is 1. The highest BCUT2D eigenvalue weighted by Crippen LogP contribution is 2.29. The van der Waals surface area contributed by atoms with Crippen molar-refractivity contribution in [3.63, 3.8) is 0 Å². The number of benzene rings is 3. The molecule has 0 bridgehead atoms. The van der Waals surface area contributed by atoms with Gasteiger partial charge in [-0.25, -0.2) is 4.79 Å². The first-order valence-electron chi connectivity index (χ1n) is 10.5. The molecule has 6 heteroatoms. The standard InChI is InChI=1S/C27H23NO4S/c29-26(28-23(27(30)31)17-19-7-3-1-4-8-19)25-16-15-24(33-25)21-11-13-22(14-12-21)32-18-20-9-5-2-6-10-20/h1-16,23H,17-18H2,(H,28,29)(H,30,31). The molecule has 2 N–H and O–H groups in total. The molecule has 1 unspecified atom stereocenters. The number of carboxylic acid groups (broad SMARTS) is 1. The minimum absolute atomic E-state index is 0.227. The van der Waals surface area contributed by atoms with E-state index < -0.39 is 17.9 Å². The largest absolute Gasteiger partial charge is 0.489 e.